The summed E-state index contributed by atoms with van der Waals surface area (Å²) in [6.45, 7) is 4.58. The van der Waals surface area contributed by atoms with E-state index >= 15 is 0 Å². The first-order valence-corrected chi connectivity index (χ1v) is 6.93. The Hall–Kier alpha value is -1.88. The number of carboxylic acids is 1. The first kappa shape index (κ1) is 13.5. The zero-order valence-electron chi connectivity index (χ0n) is 10.9. The van der Waals surface area contributed by atoms with Gasteiger partial charge in [-0.1, -0.05) is 0 Å². The van der Waals surface area contributed by atoms with Crippen LogP contribution in [0.2, 0.25) is 0 Å². The predicted octanol–water partition coefficient (Wildman–Crippen LogP) is 3.11. The van der Waals surface area contributed by atoms with Gasteiger partial charge < -0.3 is 10.4 Å². The van der Waals surface area contributed by atoms with Crippen LogP contribution in [0.4, 0.5) is 5.69 Å². The van der Waals surface area contributed by atoms with Crippen LogP contribution >= 0.6 is 11.3 Å². The van der Waals surface area contributed by atoms with Gasteiger partial charge in [0.05, 0.1) is 10.6 Å². The quantitative estimate of drug-likeness (QED) is 0.880. The number of rotatable bonds is 5. The second kappa shape index (κ2) is 5.84. The molecule has 2 rings (SSSR count). The normalized spacial score (nSPS) is 10.4. The molecule has 100 valence electrons. The van der Waals surface area contributed by atoms with Crippen molar-refractivity contribution < 1.29 is 9.90 Å². The number of hydrogen-bond acceptors (Lipinski definition) is 4. The Morgan fingerprint density at radius 3 is 2.79 bits per heavy atom. The molecule has 2 N–H and O–H groups in total. The van der Waals surface area contributed by atoms with E-state index in [4.69, 9.17) is 5.11 Å². The van der Waals surface area contributed by atoms with Gasteiger partial charge in [0.15, 0.2) is 0 Å². The maximum Gasteiger partial charge on any atom is 0.335 e. The molecule has 4 nitrogen and oxygen atoms in total. The second-order valence-corrected chi connectivity index (χ2v) is 5.34. The van der Waals surface area contributed by atoms with E-state index in [1.165, 1.54) is 0 Å². The number of nitrogens with zero attached hydrogens (tertiary/aromatic N) is 1. The topological polar surface area (TPSA) is 62.2 Å². The van der Waals surface area contributed by atoms with Gasteiger partial charge in [-0.2, -0.15) is 0 Å². The molecule has 0 bridgehead atoms. The Labute approximate surface area is 116 Å². The minimum atomic E-state index is -0.887. The van der Waals surface area contributed by atoms with Gasteiger partial charge in [0.1, 0.15) is 0 Å². The monoisotopic (exact) mass is 276 g/mol. The number of carbonyl (C=O) groups is 1. The summed E-state index contributed by atoms with van der Waals surface area (Å²) < 4.78 is 0. The van der Waals surface area contributed by atoms with Gasteiger partial charge in [-0.25, -0.2) is 9.78 Å². The van der Waals surface area contributed by atoms with Crippen LogP contribution in [0.25, 0.3) is 0 Å². The van der Waals surface area contributed by atoms with Gasteiger partial charge in [0.25, 0.3) is 0 Å². The fourth-order valence-electron chi connectivity index (χ4n) is 1.84. The molecule has 0 atom stereocenters. The van der Waals surface area contributed by atoms with E-state index in [1.807, 2.05) is 18.4 Å². The van der Waals surface area contributed by atoms with Crippen molar-refractivity contribution in [2.24, 2.45) is 0 Å². The fraction of sp³-hybridized carbons (Fsp3) is 0.286. The molecule has 5 heteroatoms. The van der Waals surface area contributed by atoms with Crippen LogP contribution < -0.4 is 5.32 Å². The van der Waals surface area contributed by atoms with Crippen molar-refractivity contribution in [2.45, 2.75) is 20.3 Å². The molecule has 0 unspecified atom stereocenters. The lowest BCUT2D eigenvalue weighted by molar-refractivity contribution is 0.0696. The Morgan fingerprint density at radius 2 is 2.21 bits per heavy atom. The molecule has 1 heterocycles. The third-order valence-electron chi connectivity index (χ3n) is 2.79. The third kappa shape index (κ3) is 3.54. The Balaban J connectivity index is 1.93. The number of thiazole rings is 1. The molecular weight excluding hydrogens is 260 g/mol. The molecule has 0 spiro atoms. The standard InChI is InChI=1S/C14H16N2O2S/c1-9-7-11(3-4-12(9)14(17)18)15-6-5-13-16-10(2)8-19-13/h3-4,7-8,15H,5-6H2,1-2H3,(H,17,18). The van der Waals surface area contributed by atoms with Crippen LogP contribution in [0.15, 0.2) is 23.6 Å². The molecule has 0 saturated carbocycles. The highest BCUT2D eigenvalue weighted by molar-refractivity contribution is 7.09. The summed E-state index contributed by atoms with van der Waals surface area (Å²) in [7, 11) is 0. The molecule has 0 saturated heterocycles. The van der Waals surface area contributed by atoms with E-state index in [9.17, 15) is 4.79 Å². The Morgan fingerprint density at radius 1 is 1.42 bits per heavy atom. The van der Waals surface area contributed by atoms with Crippen LogP contribution in [-0.2, 0) is 6.42 Å². The molecule has 0 fully saturated rings. The molecule has 1 aromatic carbocycles. The van der Waals surface area contributed by atoms with Crippen LogP contribution in [0, 0.1) is 13.8 Å². The maximum atomic E-state index is 10.9. The van der Waals surface area contributed by atoms with Crippen LogP contribution in [-0.4, -0.2) is 22.6 Å². The van der Waals surface area contributed by atoms with Crippen molar-refractivity contribution in [3.8, 4) is 0 Å². The van der Waals surface area contributed by atoms with Crippen molar-refractivity contribution in [3.63, 3.8) is 0 Å². The van der Waals surface area contributed by atoms with E-state index in [0.29, 0.717) is 5.56 Å². The Bertz CT molecular complexity index is 593. The summed E-state index contributed by atoms with van der Waals surface area (Å²) >= 11 is 1.67. The maximum absolute atomic E-state index is 10.9. The summed E-state index contributed by atoms with van der Waals surface area (Å²) in [6, 6.07) is 5.29. The van der Waals surface area contributed by atoms with Gasteiger partial charge in [-0.05, 0) is 37.6 Å². The summed E-state index contributed by atoms with van der Waals surface area (Å²) in [5.74, 6) is -0.887. The van der Waals surface area contributed by atoms with Gasteiger partial charge in [0.2, 0.25) is 0 Å². The lowest BCUT2D eigenvalue weighted by atomic mass is 10.1. The molecule has 0 radical (unpaired) electrons. The fourth-order valence-corrected chi connectivity index (χ4v) is 2.62. The number of nitrogens with one attached hydrogen (secondary N) is 1. The minimum absolute atomic E-state index is 0.348. The van der Waals surface area contributed by atoms with Crippen LogP contribution in [0.5, 0.6) is 0 Å². The second-order valence-electron chi connectivity index (χ2n) is 4.39. The molecule has 0 amide bonds. The SMILES string of the molecule is Cc1csc(CCNc2ccc(C(=O)O)c(C)c2)n1. The number of aryl methyl sites for hydroxylation is 2. The van der Waals surface area contributed by atoms with Crippen molar-refractivity contribution in [2.75, 3.05) is 11.9 Å². The molecule has 1 aromatic heterocycles. The summed E-state index contributed by atoms with van der Waals surface area (Å²) in [6.07, 6.45) is 0.873. The number of aromatic nitrogens is 1. The van der Waals surface area contributed by atoms with Crippen molar-refractivity contribution in [1.82, 2.24) is 4.98 Å². The molecule has 0 aliphatic heterocycles. The summed E-state index contributed by atoms with van der Waals surface area (Å²) in [4.78, 5) is 15.3. The molecule has 2 aromatic rings. The van der Waals surface area contributed by atoms with Crippen LogP contribution in [0.1, 0.15) is 26.6 Å². The minimum Gasteiger partial charge on any atom is -0.478 e. The molecule has 0 aliphatic rings. The van der Waals surface area contributed by atoms with Crippen molar-refractivity contribution in [1.29, 1.82) is 0 Å². The van der Waals surface area contributed by atoms with Gasteiger partial charge >= 0.3 is 5.97 Å². The number of carboxylic acid groups (broad SMARTS) is 1. The lowest BCUT2D eigenvalue weighted by Crippen LogP contribution is -2.06. The summed E-state index contributed by atoms with van der Waals surface area (Å²) in [5.41, 5.74) is 3.11. The lowest BCUT2D eigenvalue weighted by Gasteiger charge is -2.07. The largest absolute Gasteiger partial charge is 0.478 e. The number of hydrogen-bond donors (Lipinski definition) is 2. The first-order valence-electron chi connectivity index (χ1n) is 6.05. The van der Waals surface area contributed by atoms with Crippen LogP contribution in [0.3, 0.4) is 0 Å². The zero-order chi connectivity index (χ0) is 13.8. The average Bonchev–Trinajstić information content (AvgIpc) is 2.75. The van der Waals surface area contributed by atoms with E-state index in [1.54, 1.807) is 30.4 Å². The van der Waals surface area contributed by atoms with E-state index in [2.05, 4.69) is 10.3 Å². The number of aromatic carboxylic acids is 1. The van der Waals surface area contributed by atoms with E-state index in [-0.39, 0.29) is 0 Å². The van der Waals surface area contributed by atoms with E-state index < -0.39 is 5.97 Å². The number of anilines is 1. The highest BCUT2D eigenvalue weighted by Gasteiger charge is 2.07. The number of benzene rings is 1. The van der Waals surface area contributed by atoms with E-state index in [0.717, 1.165) is 34.9 Å². The zero-order valence-corrected chi connectivity index (χ0v) is 11.8. The van der Waals surface area contributed by atoms with Gasteiger partial charge in [0, 0.05) is 29.7 Å². The molecule has 19 heavy (non-hydrogen) atoms. The smallest absolute Gasteiger partial charge is 0.335 e. The van der Waals surface area contributed by atoms with Gasteiger partial charge in [-0.3, -0.25) is 0 Å². The third-order valence-corrected chi connectivity index (χ3v) is 3.82. The first-order chi connectivity index (χ1) is 9.06. The highest BCUT2D eigenvalue weighted by Crippen LogP contribution is 2.16. The van der Waals surface area contributed by atoms with Crippen molar-refractivity contribution >= 4 is 23.0 Å². The van der Waals surface area contributed by atoms with Crippen molar-refractivity contribution in [3.05, 3.63) is 45.4 Å². The summed E-state index contributed by atoms with van der Waals surface area (Å²) in [5, 5.41) is 15.4. The average molecular weight is 276 g/mol. The molecule has 0 aliphatic carbocycles. The molecular formula is C14H16N2O2S. The highest BCUT2D eigenvalue weighted by atomic mass is 32.1. The Kier molecular flexibility index (Phi) is 4.16. The predicted molar refractivity (Wildman–Crippen MR) is 77.2 cm³/mol. The van der Waals surface area contributed by atoms with Gasteiger partial charge in [-0.15, -0.1) is 11.3 Å².